The zero-order valence-electron chi connectivity index (χ0n) is 16.8. The number of carbonyl (C=O) groups is 1. The van der Waals surface area contributed by atoms with Crippen LogP contribution < -0.4 is 0 Å². The molecule has 4 rings (SSSR count). The fourth-order valence-corrected chi connectivity index (χ4v) is 4.09. The van der Waals surface area contributed by atoms with E-state index in [0.29, 0.717) is 28.1 Å². The minimum absolute atomic E-state index is 0.0775. The van der Waals surface area contributed by atoms with Gasteiger partial charge in [-0.2, -0.15) is 0 Å². The van der Waals surface area contributed by atoms with E-state index in [1.165, 1.54) is 17.8 Å². The number of halogens is 1. The van der Waals surface area contributed by atoms with Gasteiger partial charge in [0.25, 0.3) is 5.22 Å². The summed E-state index contributed by atoms with van der Waals surface area (Å²) in [6, 6.07) is 16.1. The van der Waals surface area contributed by atoms with Crippen LogP contribution in [0.3, 0.4) is 0 Å². The van der Waals surface area contributed by atoms with Gasteiger partial charge >= 0.3 is 0 Å². The van der Waals surface area contributed by atoms with Crippen molar-refractivity contribution >= 4 is 17.5 Å². The molecular formula is C23H20FN3O2S. The Labute approximate surface area is 177 Å². The highest BCUT2D eigenvalue weighted by Gasteiger charge is 2.19. The van der Waals surface area contributed by atoms with Crippen LogP contribution in [0, 0.1) is 26.6 Å². The normalized spacial score (nSPS) is 11.1. The van der Waals surface area contributed by atoms with Crippen LogP contribution in [0.5, 0.6) is 0 Å². The number of ketones is 1. The molecule has 152 valence electrons. The molecule has 0 unspecified atom stereocenters. The molecule has 7 heteroatoms. The molecule has 2 aromatic carbocycles. The number of Topliss-reactive ketones (excluding diaryl/α,β-unsaturated/α-hetero) is 1. The molecule has 0 spiro atoms. The highest BCUT2D eigenvalue weighted by atomic mass is 32.2. The third-order valence-electron chi connectivity index (χ3n) is 4.93. The molecule has 0 aliphatic heterocycles. The maximum atomic E-state index is 14.2. The molecule has 0 amide bonds. The molecule has 2 heterocycles. The first-order chi connectivity index (χ1) is 14.5. The number of aryl methyl sites for hydroxylation is 2. The minimum Gasteiger partial charge on any atom is -0.411 e. The van der Waals surface area contributed by atoms with Crippen LogP contribution in [0.25, 0.3) is 17.1 Å². The number of thioether (sulfide) groups is 1. The minimum atomic E-state index is -0.331. The van der Waals surface area contributed by atoms with Gasteiger partial charge in [0.15, 0.2) is 5.78 Å². The Bertz CT molecular complexity index is 1230. The number of hydrogen-bond donors (Lipinski definition) is 0. The maximum absolute atomic E-state index is 14.2. The number of rotatable bonds is 6. The molecule has 2 aromatic heterocycles. The van der Waals surface area contributed by atoms with Crippen LogP contribution in [0.2, 0.25) is 0 Å². The lowest BCUT2D eigenvalue weighted by atomic mass is 10.1. The number of nitrogens with zero attached hydrogens (tertiary/aromatic N) is 3. The van der Waals surface area contributed by atoms with Gasteiger partial charge in [0, 0.05) is 22.5 Å². The molecule has 0 N–H and O–H groups in total. The van der Waals surface area contributed by atoms with Crippen LogP contribution in [-0.4, -0.2) is 26.3 Å². The van der Waals surface area contributed by atoms with Crippen molar-refractivity contribution in [3.63, 3.8) is 0 Å². The van der Waals surface area contributed by atoms with Crippen molar-refractivity contribution < 1.29 is 13.6 Å². The standard InChI is InChI=1S/C23H20FN3O2S/c1-14-8-4-5-9-17(14)22-25-26-23(29-22)30-13-21(28)18-12-15(2)27(16(18)3)20-11-7-6-10-19(20)24/h4-12H,13H2,1-3H3. The van der Waals surface area contributed by atoms with Gasteiger partial charge in [0.05, 0.1) is 11.4 Å². The Balaban J connectivity index is 1.51. The van der Waals surface area contributed by atoms with E-state index < -0.39 is 0 Å². The topological polar surface area (TPSA) is 60.9 Å². The summed E-state index contributed by atoms with van der Waals surface area (Å²) in [4.78, 5) is 12.8. The first kappa shape index (κ1) is 20.1. The lowest BCUT2D eigenvalue weighted by Gasteiger charge is -2.10. The molecule has 0 aliphatic rings. The van der Waals surface area contributed by atoms with Crippen LogP contribution in [-0.2, 0) is 0 Å². The van der Waals surface area contributed by atoms with Gasteiger partial charge in [0.2, 0.25) is 5.89 Å². The second kappa shape index (κ2) is 8.28. The molecule has 0 bridgehead atoms. The first-order valence-electron chi connectivity index (χ1n) is 9.45. The first-order valence-corrected chi connectivity index (χ1v) is 10.4. The number of para-hydroxylation sites is 1. The van der Waals surface area contributed by atoms with E-state index in [4.69, 9.17) is 4.42 Å². The van der Waals surface area contributed by atoms with Gasteiger partial charge in [-0.25, -0.2) is 4.39 Å². The third-order valence-corrected chi connectivity index (χ3v) is 5.75. The zero-order valence-corrected chi connectivity index (χ0v) is 17.7. The van der Waals surface area contributed by atoms with Crippen LogP contribution >= 0.6 is 11.8 Å². The molecule has 30 heavy (non-hydrogen) atoms. The summed E-state index contributed by atoms with van der Waals surface area (Å²) >= 11 is 1.19. The average Bonchev–Trinajstić information content (AvgIpc) is 3.32. The van der Waals surface area contributed by atoms with E-state index >= 15 is 0 Å². The molecule has 0 aliphatic carbocycles. The summed E-state index contributed by atoms with van der Waals surface area (Å²) in [5.74, 6) is 0.172. The van der Waals surface area contributed by atoms with Crippen molar-refractivity contribution in [2.24, 2.45) is 0 Å². The number of aromatic nitrogens is 3. The number of carbonyl (C=O) groups excluding carboxylic acids is 1. The van der Waals surface area contributed by atoms with Crippen LogP contribution in [0.4, 0.5) is 4.39 Å². The fourth-order valence-electron chi connectivity index (χ4n) is 3.44. The predicted molar refractivity (Wildman–Crippen MR) is 115 cm³/mol. The van der Waals surface area contributed by atoms with E-state index in [1.807, 2.05) is 45.0 Å². The van der Waals surface area contributed by atoms with Crippen LogP contribution in [0.1, 0.15) is 27.3 Å². The molecular weight excluding hydrogens is 401 g/mol. The van der Waals surface area contributed by atoms with Gasteiger partial charge in [-0.3, -0.25) is 4.79 Å². The predicted octanol–water partition coefficient (Wildman–Crippen LogP) is 5.57. The van der Waals surface area contributed by atoms with E-state index in [9.17, 15) is 9.18 Å². The molecule has 5 nitrogen and oxygen atoms in total. The fraction of sp³-hybridized carbons (Fsp3) is 0.174. The van der Waals surface area contributed by atoms with E-state index in [0.717, 1.165) is 16.8 Å². The Hall–Kier alpha value is -3.19. The van der Waals surface area contributed by atoms with Gasteiger partial charge in [-0.15, -0.1) is 10.2 Å². The Morgan fingerprint density at radius 1 is 1.07 bits per heavy atom. The van der Waals surface area contributed by atoms with Crippen molar-refractivity contribution in [1.82, 2.24) is 14.8 Å². The number of hydrogen-bond acceptors (Lipinski definition) is 5. The van der Waals surface area contributed by atoms with Gasteiger partial charge in [0.1, 0.15) is 5.82 Å². The number of benzene rings is 2. The maximum Gasteiger partial charge on any atom is 0.277 e. The summed E-state index contributed by atoms with van der Waals surface area (Å²) in [6.45, 7) is 5.65. The molecule has 0 saturated heterocycles. The zero-order chi connectivity index (χ0) is 21.3. The molecule has 0 saturated carbocycles. The molecule has 0 radical (unpaired) electrons. The van der Waals surface area contributed by atoms with Crippen molar-refractivity contribution in [2.75, 3.05) is 5.75 Å². The van der Waals surface area contributed by atoms with Crippen molar-refractivity contribution in [1.29, 1.82) is 0 Å². The Morgan fingerprint density at radius 2 is 1.80 bits per heavy atom. The summed E-state index contributed by atoms with van der Waals surface area (Å²) in [5, 5.41) is 8.47. The van der Waals surface area contributed by atoms with Crippen molar-refractivity contribution in [3.05, 3.63) is 82.9 Å². The Morgan fingerprint density at radius 3 is 2.57 bits per heavy atom. The van der Waals surface area contributed by atoms with Gasteiger partial charge < -0.3 is 8.98 Å². The van der Waals surface area contributed by atoms with E-state index in [-0.39, 0.29) is 17.4 Å². The molecule has 0 fully saturated rings. The lowest BCUT2D eigenvalue weighted by Crippen LogP contribution is -2.06. The Kier molecular flexibility index (Phi) is 5.55. The van der Waals surface area contributed by atoms with E-state index in [1.54, 1.807) is 28.8 Å². The van der Waals surface area contributed by atoms with Crippen molar-refractivity contribution in [2.45, 2.75) is 26.0 Å². The molecule has 4 aromatic rings. The lowest BCUT2D eigenvalue weighted by molar-refractivity contribution is 0.102. The largest absolute Gasteiger partial charge is 0.411 e. The molecule has 0 atom stereocenters. The van der Waals surface area contributed by atoms with Gasteiger partial charge in [-0.05, 0) is 50.6 Å². The second-order valence-electron chi connectivity index (χ2n) is 6.97. The smallest absolute Gasteiger partial charge is 0.277 e. The highest BCUT2D eigenvalue weighted by molar-refractivity contribution is 7.99. The summed E-state index contributed by atoms with van der Waals surface area (Å²) in [7, 11) is 0. The third kappa shape index (κ3) is 3.80. The highest BCUT2D eigenvalue weighted by Crippen LogP contribution is 2.27. The van der Waals surface area contributed by atoms with E-state index in [2.05, 4.69) is 10.2 Å². The average molecular weight is 421 g/mol. The monoisotopic (exact) mass is 421 g/mol. The second-order valence-corrected chi connectivity index (χ2v) is 7.90. The quantitative estimate of drug-likeness (QED) is 0.301. The summed E-state index contributed by atoms with van der Waals surface area (Å²) in [6.07, 6.45) is 0. The van der Waals surface area contributed by atoms with Crippen LogP contribution in [0.15, 0.2) is 64.2 Å². The van der Waals surface area contributed by atoms with Gasteiger partial charge in [-0.1, -0.05) is 42.1 Å². The summed E-state index contributed by atoms with van der Waals surface area (Å²) in [5.41, 5.74) is 4.40. The summed E-state index contributed by atoms with van der Waals surface area (Å²) < 4.78 is 21.7. The SMILES string of the molecule is Cc1ccccc1-c1nnc(SCC(=O)c2cc(C)n(-c3ccccc3F)c2C)o1. The van der Waals surface area contributed by atoms with Crippen molar-refractivity contribution in [3.8, 4) is 17.1 Å².